The Morgan fingerprint density at radius 1 is 1.25 bits per heavy atom. The molecule has 0 aliphatic heterocycles. The molecular weight excluding hydrogens is 208 g/mol. The average molecular weight is 228 g/mol. The Bertz CT molecular complexity index is 256. The van der Waals surface area contributed by atoms with E-state index in [1.807, 2.05) is 13.8 Å². The van der Waals surface area contributed by atoms with Crippen LogP contribution in [0.5, 0.6) is 0 Å². The molecule has 4 nitrogen and oxygen atoms in total. The first-order valence-electron chi connectivity index (χ1n) is 5.49. The van der Waals surface area contributed by atoms with Gasteiger partial charge in [0.05, 0.1) is 0 Å². The molecule has 0 rings (SSSR count). The Morgan fingerprint density at radius 2 is 1.75 bits per heavy atom. The van der Waals surface area contributed by atoms with Crippen molar-refractivity contribution in [2.24, 2.45) is 5.92 Å². The lowest BCUT2D eigenvalue weighted by atomic mass is 10.1. The first kappa shape index (κ1) is 15.1. The normalized spacial score (nSPS) is 12.4. The van der Waals surface area contributed by atoms with Gasteiger partial charge in [-0.05, 0) is 25.7 Å². The van der Waals surface area contributed by atoms with Crippen molar-refractivity contribution in [1.82, 2.24) is 0 Å². The van der Waals surface area contributed by atoms with Gasteiger partial charge in [0, 0.05) is 13.2 Å². The number of carbonyl (C=O) groups excluding carboxylic acids is 1. The van der Waals surface area contributed by atoms with Gasteiger partial charge in [0.25, 0.3) is 5.78 Å². The Hall–Kier alpha value is -0.890. The fourth-order valence-corrected chi connectivity index (χ4v) is 0.873. The van der Waals surface area contributed by atoms with Crippen molar-refractivity contribution in [3.63, 3.8) is 0 Å². The third kappa shape index (κ3) is 5.86. The maximum atomic E-state index is 11.5. The van der Waals surface area contributed by atoms with Gasteiger partial charge >= 0.3 is 0 Å². The minimum Gasteiger partial charge on any atom is -0.380 e. The van der Waals surface area contributed by atoms with Gasteiger partial charge < -0.3 is 14.6 Å². The van der Waals surface area contributed by atoms with Gasteiger partial charge in [-0.3, -0.25) is 4.79 Å². The summed E-state index contributed by atoms with van der Waals surface area (Å²) in [4.78, 5) is 11.5. The van der Waals surface area contributed by atoms with Crippen LogP contribution in [-0.2, 0) is 14.3 Å². The monoisotopic (exact) mass is 228 g/mol. The molecule has 0 aromatic rings. The number of carbonyl (C=O) groups is 1. The number of ether oxygens (including phenoxy) is 2. The van der Waals surface area contributed by atoms with E-state index in [-0.39, 0.29) is 5.92 Å². The summed E-state index contributed by atoms with van der Waals surface area (Å²) in [5.41, 5.74) is 0. The molecule has 0 spiro atoms. The third-order valence-corrected chi connectivity index (χ3v) is 1.82. The molecule has 0 aliphatic carbocycles. The molecule has 0 aliphatic rings. The zero-order valence-corrected chi connectivity index (χ0v) is 10.3. The highest BCUT2D eigenvalue weighted by molar-refractivity contribution is 5.98. The van der Waals surface area contributed by atoms with Crippen LogP contribution in [0.4, 0.5) is 0 Å². The summed E-state index contributed by atoms with van der Waals surface area (Å²) in [6, 6.07) is 0. The predicted octanol–water partition coefficient (Wildman–Crippen LogP) is 0.975. The van der Waals surface area contributed by atoms with E-state index in [9.17, 15) is 9.90 Å². The van der Waals surface area contributed by atoms with E-state index in [4.69, 9.17) is 9.47 Å². The lowest BCUT2D eigenvalue weighted by Crippen LogP contribution is -2.27. The SMILES string of the molecule is CCOC(OCC)C(=O)C#CC(O)C(C)C. The van der Waals surface area contributed by atoms with Crippen LogP contribution >= 0.6 is 0 Å². The second-order valence-corrected chi connectivity index (χ2v) is 3.57. The van der Waals surface area contributed by atoms with Gasteiger partial charge in [0.2, 0.25) is 6.29 Å². The Balaban J connectivity index is 4.38. The van der Waals surface area contributed by atoms with Crippen LogP contribution in [-0.4, -0.2) is 36.5 Å². The summed E-state index contributed by atoms with van der Waals surface area (Å²) < 4.78 is 10.2. The molecule has 1 N–H and O–H groups in total. The van der Waals surface area contributed by atoms with Gasteiger partial charge in [0.1, 0.15) is 6.10 Å². The lowest BCUT2D eigenvalue weighted by Gasteiger charge is -2.12. The van der Waals surface area contributed by atoms with Gasteiger partial charge in [-0.15, -0.1) is 0 Å². The molecule has 16 heavy (non-hydrogen) atoms. The van der Waals surface area contributed by atoms with Crippen LogP contribution in [0.25, 0.3) is 0 Å². The first-order chi connectivity index (χ1) is 7.52. The number of aliphatic hydroxyl groups excluding tert-OH is 1. The molecule has 0 aromatic carbocycles. The maximum Gasteiger partial charge on any atom is 0.261 e. The quantitative estimate of drug-likeness (QED) is 0.418. The standard InChI is InChI=1S/C12H20O4/c1-5-15-12(16-6-2)11(14)8-7-10(13)9(3)4/h9-10,12-13H,5-6H2,1-4H3. The maximum absolute atomic E-state index is 11.5. The van der Waals surface area contributed by atoms with Crippen molar-refractivity contribution in [3.05, 3.63) is 0 Å². The Morgan fingerprint density at radius 3 is 2.12 bits per heavy atom. The van der Waals surface area contributed by atoms with Crippen LogP contribution in [0.15, 0.2) is 0 Å². The minimum atomic E-state index is -0.943. The van der Waals surface area contributed by atoms with Crippen LogP contribution in [0.2, 0.25) is 0 Å². The molecule has 0 saturated carbocycles. The van der Waals surface area contributed by atoms with E-state index in [1.54, 1.807) is 13.8 Å². The highest BCUT2D eigenvalue weighted by atomic mass is 16.7. The zero-order valence-electron chi connectivity index (χ0n) is 10.3. The van der Waals surface area contributed by atoms with E-state index >= 15 is 0 Å². The molecular formula is C12H20O4. The average Bonchev–Trinajstić information content (AvgIpc) is 2.24. The summed E-state index contributed by atoms with van der Waals surface area (Å²) >= 11 is 0. The first-order valence-corrected chi connectivity index (χ1v) is 5.49. The second-order valence-electron chi connectivity index (χ2n) is 3.57. The molecule has 92 valence electrons. The van der Waals surface area contributed by atoms with E-state index in [2.05, 4.69) is 11.8 Å². The molecule has 0 amide bonds. The molecule has 0 aromatic heterocycles. The van der Waals surface area contributed by atoms with E-state index < -0.39 is 18.2 Å². The van der Waals surface area contributed by atoms with Crippen LogP contribution < -0.4 is 0 Å². The second kappa shape index (κ2) is 8.28. The van der Waals surface area contributed by atoms with Crippen LogP contribution in [0.1, 0.15) is 27.7 Å². The number of hydrogen-bond donors (Lipinski definition) is 1. The number of ketones is 1. The van der Waals surface area contributed by atoms with Crippen molar-refractivity contribution in [2.75, 3.05) is 13.2 Å². The summed E-state index contributed by atoms with van der Waals surface area (Å²) in [6.07, 6.45) is -1.74. The van der Waals surface area contributed by atoms with Crippen molar-refractivity contribution in [1.29, 1.82) is 0 Å². The molecule has 0 heterocycles. The van der Waals surface area contributed by atoms with E-state index in [0.717, 1.165) is 0 Å². The molecule has 0 bridgehead atoms. The van der Waals surface area contributed by atoms with Crippen molar-refractivity contribution < 1.29 is 19.4 Å². The van der Waals surface area contributed by atoms with Gasteiger partial charge in [0.15, 0.2) is 0 Å². The van der Waals surface area contributed by atoms with Crippen LogP contribution in [0.3, 0.4) is 0 Å². The Kier molecular flexibility index (Phi) is 7.82. The van der Waals surface area contributed by atoms with Gasteiger partial charge in [-0.1, -0.05) is 19.8 Å². The molecule has 0 radical (unpaired) electrons. The third-order valence-electron chi connectivity index (χ3n) is 1.82. The molecule has 4 heteroatoms. The zero-order chi connectivity index (χ0) is 12.6. The Labute approximate surface area is 96.9 Å². The van der Waals surface area contributed by atoms with E-state index in [1.165, 1.54) is 0 Å². The molecule has 1 atom stereocenters. The topological polar surface area (TPSA) is 55.8 Å². The molecule has 0 saturated heterocycles. The summed E-state index contributed by atoms with van der Waals surface area (Å²) in [5, 5.41) is 9.41. The molecule has 0 fully saturated rings. The van der Waals surface area contributed by atoms with Gasteiger partial charge in [-0.2, -0.15) is 0 Å². The highest BCUT2D eigenvalue weighted by Gasteiger charge is 2.16. The number of Topliss-reactive ketones (excluding diaryl/α,β-unsaturated/α-hetero) is 1. The van der Waals surface area contributed by atoms with Crippen LogP contribution in [0, 0.1) is 17.8 Å². The number of hydrogen-bond acceptors (Lipinski definition) is 4. The van der Waals surface area contributed by atoms with Crippen molar-refractivity contribution >= 4 is 5.78 Å². The number of rotatable bonds is 6. The fraction of sp³-hybridized carbons (Fsp3) is 0.750. The predicted molar refractivity (Wildman–Crippen MR) is 60.7 cm³/mol. The highest BCUT2D eigenvalue weighted by Crippen LogP contribution is 2.00. The van der Waals surface area contributed by atoms with Gasteiger partial charge in [-0.25, -0.2) is 0 Å². The van der Waals surface area contributed by atoms with E-state index in [0.29, 0.717) is 13.2 Å². The summed E-state index contributed by atoms with van der Waals surface area (Å²) in [7, 11) is 0. The number of aliphatic hydroxyl groups is 1. The van der Waals surface area contributed by atoms with Crippen molar-refractivity contribution in [3.8, 4) is 11.8 Å². The largest absolute Gasteiger partial charge is 0.380 e. The minimum absolute atomic E-state index is 0.00191. The summed E-state index contributed by atoms with van der Waals surface area (Å²) in [5.74, 6) is 4.36. The molecule has 1 unspecified atom stereocenters. The summed E-state index contributed by atoms with van der Waals surface area (Å²) in [6.45, 7) is 7.96. The fourth-order valence-electron chi connectivity index (χ4n) is 0.873. The van der Waals surface area contributed by atoms with Crippen molar-refractivity contribution in [2.45, 2.75) is 40.1 Å². The lowest BCUT2D eigenvalue weighted by molar-refractivity contribution is -0.162. The smallest absolute Gasteiger partial charge is 0.261 e.